The van der Waals surface area contributed by atoms with Crippen molar-refractivity contribution in [3.8, 4) is 11.3 Å². The number of carboxylic acids is 1. The van der Waals surface area contributed by atoms with Crippen LogP contribution >= 0.6 is 22.9 Å². The summed E-state index contributed by atoms with van der Waals surface area (Å²) in [6.07, 6.45) is 6.67. The van der Waals surface area contributed by atoms with Gasteiger partial charge in [-0.25, -0.2) is 9.78 Å². The minimum Gasteiger partial charge on any atom is -0.478 e. The number of halogens is 1. The molecule has 7 nitrogen and oxygen atoms in total. The first-order chi connectivity index (χ1) is 19.7. The fraction of sp³-hybridized carbons (Fsp3) is 0.469. The molecule has 5 saturated carbocycles. The van der Waals surface area contributed by atoms with Crippen molar-refractivity contribution in [1.29, 1.82) is 0 Å². The third-order valence-corrected chi connectivity index (χ3v) is 11.6. The first-order valence-electron chi connectivity index (χ1n) is 14.5. The van der Waals surface area contributed by atoms with Crippen LogP contribution in [0.1, 0.15) is 83.1 Å². The summed E-state index contributed by atoms with van der Waals surface area (Å²) in [4.78, 5) is 16.3. The second-order valence-corrected chi connectivity index (χ2v) is 14.2. The van der Waals surface area contributed by atoms with Crippen molar-refractivity contribution in [2.24, 2.45) is 17.8 Å². The van der Waals surface area contributed by atoms with Gasteiger partial charge >= 0.3 is 5.97 Å². The van der Waals surface area contributed by atoms with E-state index in [1.807, 2.05) is 25.1 Å². The van der Waals surface area contributed by atoms with E-state index in [0.29, 0.717) is 28.5 Å². The van der Waals surface area contributed by atoms with E-state index in [9.17, 15) is 15.0 Å². The van der Waals surface area contributed by atoms with Gasteiger partial charge in [0.15, 0.2) is 0 Å². The minimum atomic E-state index is -1.02. The minimum absolute atomic E-state index is 0.0453. The molecular weight excluding hydrogens is 560 g/mol. The number of nitrogens with zero attached hydrogens (tertiary/aromatic N) is 2. The van der Waals surface area contributed by atoms with Gasteiger partial charge in [-0.05, 0) is 99.5 Å². The van der Waals surface area contributed by atoms with Gasteiger partial charge in [0.2, 0.25) is 0 Å². The fourth-order valence-electron chi connectivity index (χ4n) is 8.15. The number of aromatic nitrogens is 2. The van der Waals surface area contributed by atoms with E-state index in [4.69, 9.17) is 25.8 Å². The maximum Gasteiger partial charge on any atom is 0.335 e. The Morgan fingerprint density at radius 3 is 2.66 bits per heavy atom. The van der Waals surface area contributed by atoms with Crippen molar-refractivity contribution in [2.75, 3.05) is 0 Å². The van der Waals surface area contributed by atoms with Gasteiger partial charge in [-0.3, -0.25) is 0 Å². The van der Waals surface area contributed by atoms with Crippen LogP contribution in [-0.4, -0.2) is 31.9 Å². The van der Waals surface area contributed by atoms with E-state index in [1.165, 1.54) is 11.3 Å². The number of rotatable bonds is 7. The fourth-order valence-corrected chi connectivity index (χ4v) is 9.71. The molecule has 0 aliphatic heterocycles. The van der Waals surface area contributed by atoms with Crippen LogP contribution in [0.15, 0.2) is 40.9 Å². The Bertz CT molecular complexity index is 1670. The van der Waals surface area contributed by atoms with Gasteiger partial charge < -0.3 is 19.5 Å². The highest BCUT2D eigenvalue weighted by atomic mass is 35.5. The Hall–Kier alpha value is -2.78. The second kappa shape index (κ2) is 9.11. The molecule has 5 aliphatic carbocycles. The normalized spacial score (nSPS) is 30.4. The van der Waals surface area contributed by atoms with Crippen LogP contribution < -0.4 is 0 Å². The van der Waals surface area contributed by atoms with Gasteiger partial charge in [0.1, 0.15) is 22.1 Å². The van der Waals surface area contributed by atoms with Crippen LogP contribution in [0.4, 0.5) is 0 Å². The summed E-state index contributed by atoms with van der Waals surface area (Å²) in [5, 5.41) is 27.6. The zero-order chi connectivity index (χ0) is 28.1. The van der Waals surface area contributed by atoms with Crippen molar-refractivity contribution in [1.82, 2.24) is 10.1 Å². The van der Waals surface area contributed by atoms with Crippen LogP contribution in [0.5, 0.6) is 0 Å². The summed E-state index contributed by atoms with van der Waals surface area (Å²) < 4.78 is 13.7. The average Bonchev–Trinajstić information content (AvgIpc) is 3.55. The predicted octanol–water partition coefficient (Wildman–Crippen LogP) is 7.47. The number of hydrogen-bond acceptors (Lipinski definition) is 7. The van der Waals surface area contributed by atoms with Crippen LogP contribution in [-0.2, 0) is 16.9 Å². The van der Waals surface area contributed by atoms with Gasteiger partial charge in [-0.15, -0.1) is 11.3 Å². The van der Waals surface area contributed by atoms with Crippen molar-refractivity contribution < 1.29 is 24.3 Å². The number of thiazole rings is 1. The lowest BCUT2D eigenvalue weighted by Crippen LogP contribution is -2.62. The third kappa shape index (κ3) is 4.02. The van der Waals surface area contributed by atoms with E-state index in [2.05, 4.69) is 5.16 Å². The lowest BCUT2D eigenvalue weighted by atomic mass is 9.48. The maximum absolute atomic E-state index is 12.3. The molecule has 4 bridgehead atoms. The van der Waals surface area contributed by atoms with Gasteiger partial charge in [-0.2, -0.15) is 0 Å². The largest absolute Gasteiger partial charge is 0.478 e. The number of benzene rings is 2. The highest BCUT2D eigenvalue weighted by Gasteiger charge is 2.64. The molecule has 5 aliphatic rings. The first kappa shape index (κ1) is 25.9. The number of hydrogen-bond donors (Lipinski definition) is 2. The van der Waals surface area contributed by atoms with Crippen LogP contribution in [0.2, 0.25) is 5.02 Å². The summed E-state index contributed by atoms with van der Waals surface area (Å²) in [5.74, 6) is 0.958. The van der Waals surface area contributed by atoms with E-state index in [1.54, 1.807) is 18.2 Å². The molecule has 41 heavy (non-hydrogen) atoms. The number of carboxylic acid groups (broad SMARTS) is 1. The highest BCUT2D eigenvalue weighted by molar-refractivity contribution is 7.18. The summed E-state index contributed by atoms with van der Waals surface area (Å²) >= 11 is 8.09. The second-order valence-electron chi connectivity index (χ2n) is 12.7. The van der Waals surface area contributed by atoms with E-state index in [-0.39, 0.29) is 23.0 Å². The molecule has 212 valence electrons. The van der Waals surface area contributed by atoms with Crippen molar-refractivity contribution in [3.05, 3.63) is 68.9 Å². The monoisotopic (exact) mass is 590 g/mol. The lowest BCUT2D eigenvalue weighted by molar-refractivity contribution is -0.250. The molecule has 0 radical (unpaired) electrons. The van der Waals surface area contributed by atoms with Crippen LogP contribution in [0.3, 0.4) is 0 Å². The summed E-state index contributed by atoms with van der Waals surface area (Å²) in [6, 6.07) is 10.9. The summed E-state index contributed by atoms with van der Waals surface area (Å²) in [7, 11) is 0. The van der Waals surface area contributed by atoms with E-state index >= 15 is 0 Å². The molecule has 2 aromatic carbocycles. The maximum atomic E-state index is 12.3. The smallest absolute Gasteiger partial charge is 0.335 e. The number of aromatic carboxylic acids is 1. The lowest BCUT2D eigenvalue weighted by Gasteiger charge is -2.62. The Kier molecular flexibility index (Phi) is 5.75. The molecule has 4 aromatic rings. The van der Waals surface area contributed by atoms with Crippen molar-refractivity contribution in [3.63, 3.8) is 0 Å². The zero-order valence-electron chi connectivity index (χ0n) is 22.7. The molecule has 5 atom stereocenters. The molecule has 2 heterocycles. The zero-order valence-corrected chi connectivity index (χ0v) is 24.3. The molecule has 2 N–H and O–H groups in total. The van der Waals surface area contributed by atoms with Crippen LogP contribution in [0.25, 0.3) is 21.5 Å². The topological polar surface area (TPSA) is 106 Å². The molecule has 0 amide bonds. The third-order valence-electron chi connectivity index (χ3n) is 10.1. The molecular formula is C32H31ClN2O5S. The molecule has 1 unspecified atom stereocenters. The number of aryl methyl sites for hydroxylation is 1. The molecule has 5 fully saturated rings. The van der Waals surface area contributed by atoms with Gasteiger partial charge in [0.25, 0.3) is 0 Å². The predicted molar refractivity (Wildman–Crippen MR) is 155 cm³/mol. The number of ether oxygens (including phenoxy) is 1. The van der Waals surface area contributed by atoms with Crippen molar-refractivity contribution in [2.45, 2.75) is 75.6 Å². The molecule has 0 spiro atoms. The Morgan fingerprint density at radius 1 is 1.17 bits per heavy atom. The molecule has 9 rings (SSSR count). The number of fused-ring (bicyclic) bond motifs is 1. The SMILES string of the molecule is Cc1cccc(Cl)c1-c1noc(C2CC2)c1CO[C@@]12CC3C[C@H](C1)[C@](O)(c1nc4ccc(C(=O)O)cc4s1)[C@@H](C3)C2. The summed E-state index contributed by atoms with van der Waals surface area (Å²) in [5.41, 5.74) is 3.41. The highest BCUT2D eigenvalue weighted by Crippen LogP contribution is 2.65. The van der Waals surface area contributed by atoms with E-state index < -0.39 is 11.6 Å². The quantitative estimate of drug-likeness (QED) is 0.230. The van der Waals surface area contributed by atoms with Gasteiger partial charge in [-0.1, -0.05) is 28.9 Å². The number of carbonyl (C=O) groups is 1. The summed E-state index contributed by atoms with van der Waals surface area (Å²) in [6.45, 7) is 2.46. The molecule has 9 heteroatoms. The molecule has 2 aromatic heterocycles. The Balaban J connectivity index is 1.10. The van der Waals surface area contributed by atoms with Gasteiger partial charge in [0.05, 0.1) is 33.0 Å². The Labute approximate surface area is 246 Å². The standard InChI is InChI=1S/C32H31ClN2O5S/c1-16-3-2-4-23(33)26(16)27-22(28(40-35-27)18-5-6-18)15-39-31-12-17-9-20(13-31)32(38,21(10-17)14-31)30-34-24-8-7-19(29(36)37)11-25(24)41-30/h2-4,7-8,11,17-18,20-21,38H,5-6,9-10,12-15H2,1H3,(H,36,37)/t17?,20-,21+,31+,32-. The van der Waals surface area contributed by atoms with E-state index in [0.717, 1.165) is 83.3 Å². The van der Waals surface area contributed by atoms with Crippen molar-refractivity contribution >= 4 is 39.1 Å². The number of aliphatic hydroxyl groups is 1. The average molecular weight is 591 g/mol. The van der Waals surface area contributed by atoms with Gasteiger partial charge in [0, 0.05) is 17.0 Å². The molecule has 0 saturated heterocycles. The first-order valence-corrected chi connectivity index (χ1v) is 15.7. The van der Waals surface area contributed by atoms with Crippen LogP contribution in [0, 0.1) is 24.7 Å². The Morgan fingerprint density at radius 2 is 1.95 bits per heavy atom.